The van der Waals surface area contributed by atoms with Gasteiger partial charge in [-0.1, -0.05) is 60.0 Å². The number of esters is 1. The van der Waals surface area contributed by atoms with Crippen molar-refractivity contribution in [3.63, 3.8) is 0 Å². The van der Waals surface area contributed by atoms with Crippen LogP contribution < -0.4 is 0 Å². The van der Waals surface area contributed by atoms with Crippen molar-refractivity contribution in [2.75, 3.05) is 13.2 Å². The minimum absolute atomic E-state index is 0.0507. The normalized spacial score (nSPS) is 14.9. The smallest absolute Gasteiger partial charge is 0.357 e. The molecule has 0 saturated carbocycles. The zero-order chi connectivity index (χ0) is 31.4. The number of unbranched alkanes of at least 4 members (excludes halogenated alkanes) is 1. The third kappa shape index (κ3) is 10.7. The Balaban J connectivity index is 3.61. The Morgan fingerprint density at radius 3 is 2.44 bits per heavy atom. The molecule has 4 atom stereocenters. The number of carbonyl (C=O) groups is 2. The summed E-state index contributed by atoms with van der Waals surface area (Å²) < 4.78 is 12.1. The van der Waals surface area contributed by atoms with Crippen LogP contribution in [0.5, 0.6) is 0 Å². The summed E-state index contributed by atoms with van der Waals surface area (Å²) in [6.45, 7) is 20.9. The quantitative estimate of drug-likeness (QED) is 0.0261. The molecule has 1 heterocycles. The van der Waals surface area contributed by atoms with E-state index in [4.69, 9.17) is 20.4 Å². The summed E-state index contributed by atoms with van der Waals surface area (Å²) in [6.07, 6.45) is 7.01. The second-order valence-corrected chi connectivity index (χ2v) is 17.7. The summed E-state index contributed by atoms with van der Waals surface area (Å²) >= 11 is 1.34. The van der Waals surface area contributed by atoms with Crippen molar-refractivity contribution in [3.8, 4) is 12.3 Å². The van der Waals surface area contributed by atoms with Gasteiger partial charge in [-0.15, -0.1) is 23.7 Å². The minimum Gasteiger partial charge on any atom is -0.461 e. The van der Waals surface area contributed by atoms with E-state index in [-0.39, 0.29) is 35.8 Å². The molecule has 0 radical (unpaired) electrons. The number of nitrogens with zero attached hydrogens (tertiary/aromatic N) is 5. The number of ether oxygens (including phenoxy) is 1. The molecule has 12 heteroatoms. The Morgan fingerprint density at radius 1 is 1.27 bits per heavy atom. The standard InChI is InChI=1S/C29H49N5O5SSi/c1-12-15-16-17-38-34(27(35)25(32-33-30)21(6)13-2)23(20(4)5)18-24(39-41(10,11)29(7,8)9)26-31-22(19-40-26)28(36)37-14-3/h1,19-21,23-25H,13-18H2,2-11H3. The first-order valence-corrected chi connectivity index (χ1v) is 18.2. The zero-order valence-electron chi connectivity index (χ0n) is 26.5. The van der Waals surface area contributed by atoms with Crippen molar-refractivity contribution in [1.82, 2.24) is 10.0 Å². The van der Waals surface area contributed by atoms with E-state index in [1.807, 2.05) is 27.7 Å². The predicted molar refractivity (Wildman–Crippen MR) is 166 cm³/mol. The number of terminal acetylenes is 1. The van der Waals surface area contributed by atoms with E-state index in [9.17, 15) is 15.1 Å². The number of rotatable bonds is 17. The van der Waals surface area contributed by atoms with Gasteiger partial charge in [0.1, 0.15) is 11.0 Å². The molecular formula is C29H49N5O5SSi. The fourth-order valence-electron chi connectivity index (χ4n) is 3.80. The average molecular weight is 608 g/mol. The van der Waals surface area contributed by atoms with Gasteiger partial charge in [-0.2, -0.15) is 0 Å². The summed E-state index contributed by atoms with van der Waals surface area (Å²) in [5.74, 6) is 1.48. The van der Waals surface area contributed by atoms with Crippen molar-refractivity contribution in [2.45, 2.75) is 117 Å². The van der Waals surface area contributed by atoms with Gasteiger partial charge >= 0.3 is 5.97 Å². The summed E-state index contributed by atoms with van der Waals surface area (Å²) in [7, 11) is -2.32. The van der Waals surface area contributed by atoms with Crippen LogP contribution in [0.3, 0.4) is 0 Å². The van der Waals surface area contributed by atoms with E-state index in [0.29, 0.717) is 30.7 Å². The Bertz CT molecular complexity index is 1070. The maximum absolute atomic E-state index is 14.0. The second kappa shape index (κ2) is 16.9. The van der Waals surface area contributed by atoms with Crippen LogP contribution in [-0.4, -0.2) is 55.5 Å². The van der Waals surface area contributed by atoms with Crippen molar-refractivity contribution in [3.05, 3.63) is 26.5 Å². The Hall–Kier alpha value is -2.42. The number of thiazole rings is 1. The van der Waals surface area contributed by atoms with Crippen LogP contribution >= 0.6 is 11.3 Å². The number of carbonyl (C=O) groups excluding carboxylic acids is 2. The highest BCUT2D eigenvalue weighted by molar-refractivity contribution is 7.09. The highest BCUT2D eigenvalue weighted by Gasteiger charge is 2.43. The second-order valence-electron chi connectivity index (χ2n) is 12.0. The van der Waals surface area contributed by atoms with E-state index in [1.54, 1.807) is 12.3 Å². The lowest BCUT2D eigenvalue weighted by Gasteiger charge is -2.41. The van der Waals surface area contributed by atoms with E-state index in [2.05, 4.69) is 54.8 Å². The van der Waals surface area contributed by atoms with E-state index < -0.39 is 38.4 Å². The minimum atomic E-state index is -2.32. The van der Waals surface area contributed by atoms with Crippen molar-refractivity contribution in [1.29, 1.82) is 0 Å². The first-order valence-electron chi connectivity index (χ1n) is 14.4. The molecule has 1 amide bonds. The van der Waals surface area contributed by atoms with Gasteiger partial charge in [-0.3, -0.25) is 9.63 Å². The number of hydroxylamine groups is 2. The van der Waals surface area contributed by atoms with Gasteiger partial charge in [0.05, 0.1) is 25.4 Å². The number of amides is 1. The lowest BCUT2D eigenvalue weighted by atomic mass is 9.94. The average Bonchev–Trinajstić information content (AvgIpc) is 3.39. The molecule has 10 nitrogen and oxygen atoms in total. The molecule has 1 aromatic heterocycles. The van der Waals surface area contributed by atoms with Crippen LogP contribution in [0, 0.1) is 24.2 Å². The molecule has 230 valence electrons. The van der Waals surface area contributed by atoms with Gasteiger partial charge in [0, 0.05) is 23.1 Å². The highest BCUT2D eigenvalue weighted by atomic mass is 32.1. The van der Waals surface area contributed by atoms with Crippen molar-refractivity contribution in [2.24, 2.45) is 17.0 Å². The molecule has 41 heavy (non-hydrogen) atoms. The Morgan fingerprint density at radius 2 is 1.93 bits per heavy atom. The maximum Gasteiger partial charge on any atom is 0.357 e. The van der Waals surface area contributed by atoms with Crippen LogP contribution in [0.25, 0.3) is 10.4 Å². The number of aromatic nitrogens is 1. The molecule has 0 saturated heterocycles. The third-order valence-corrected chi connectivity index (χ3v) is 13.0. The monoisotopic (exact) mass is 607 g/mol. The van der Waals surface area contributed by atoms with Crippen LogP contribution in [0.15, 0.2) is 10.5 Å². The lowest BCUT2D eigenvalue weighted by molar-refractivity contribution is -0.211. The van der Waals surface area contributed by atoms with Crippen LogP contribution in [-0.2, 0) is 18.8 Å². The fourth-order valence-corrected chi connectivity index (χ4v) is 5.99. The SMILES string of the molecule is C#CCCCON(C(=O)C(N=[N+]=[N-])C(C)CC)C(CC(O[Si](C)(C)C(C)(C)C)c1nc(C(=O)OCC)cs1)C(C)C. The summed E-state index contributed by atoms with van der Waals surface area (Å²) in [6, 6.07) is -1.37. The molecule has 0 aliphatic rings. The van der Waals surface area contributed by atoms with E-state index in [1.165, 1.54) is 16.4 Å². The fraction of sp³-hybridized carbons (Fsp3) is 0.759. The lowest BCUT2D eigenvalue weighted by Crippen LogP contribution is -2.50. The van der Waals surface area contributed by atoms with Crippen LogP contribution in [0.2, 0.25) is 18.1 Å². The molecule has 1 rings (SSSR count). The Kier molecular flexibility index (Phi) is 15.1. The Labute approximate surface area is 251 Å². The van der Waals surface area contributed by atoms with Gasteiger partial charge in [-0.25, -0.2) is 14.8 Å². The highest BCUT2D eigenvalue weighted by Crippen LogP contribution is 2.42. The molecule has 0 spiro atoms. The van der Waals surface area contributed by atoms with Gasteiger partial charge in [0.25, 0.3) is 5.91 Å². The molecule has 0 N–H and O–H groups in total. The first-order chi connectivity index (χ1) is 19.1. The molecule has 0 aliphatic heterocycles. The molecule has 4 unspecified atom stereocenters. The number of hydrogen-bond acceptors (Lipinski definition) is 8. The van der Waals surface area contributed by atoms with Gasteiger partial charge in [0.15, 0.2) is 14.0 Å². The number of hydrogen-bond donors (Lipinski definition) is 0. The summed E-state index contributed by atoms with van der Waals surface area (Å²) in [5.41, 5.74) is 9.49. The maximum atomic E-state index is 14.0. The predicted octanol–water partition coefficient (Wildman–Crippen LogP) is 7.70. The summed E-state index contributed by atoms with van der Waals surface area (Å²) in [5, 5.41) is 7.47. The van der Waals surface area contributed by atoms with Crippen molar-refractivity contribution < 1.29 is 23.6 Å². The summed E-state index contributed by atoms with van der Waals surface area (Å²) in [4.78, 5) is 40.1. The van der Waals surface area contributed by atoms with Crippen molar-refractivity contribution >= 4 is 31.5 Å². The molecule has 0 aromatic carbocycles. The molecule has 0 bridgehead atoms. The first kappa shape index (κ1) is 36.6. The van der Waals surface area contributed by atoms with Gasteiger partial charge in [0.2, 0.25) is 0 Å². The molecule has 1 aromatic rings. The number of azide groups is 1. The zero-order valence-corrected chi connectivity index (χ0v) is 28.3. The van der Waals surface area contributed by atoms with Gasteiger partial charge < -0.3 is 9.16 Å². The van der Waals surface area contributed by atoms with E-state index >= 15 is 0 Å². The van der Waals surface area contributed by atoms with Crippen LogP contribution in [0.1, 0.15) is 103 Å². The van der Waals surface area contributed by atoms with Crippen LogP contribution in [0.4, 0.5) is 0 Å². The van der Waals surface area contributed by atoms with E-state index in [0.717, 1.165) is 0 Å². The molecular weight excluding hydrogens is 559 g/mol. The van der Waals surface area contributed by atoms with Gasteiger partial charge in [-0.05, 0) is 48.8 Å². The molecule has 0 fully saturated rings. The molecule has 0 aliphatic carbocycles. The third-order valence-electron chi connectivity index (χ3n) is 7.58. The topological polar surface area (TPSA) is 127 Å². The largest absolute Gasteiger partial charge is 0.461 e.